The van der Waals surface area contributed by atoms with Crippen molar-refractivity contribution < 1.29 is 22.7 Å². The smallest absolute Gasteiger partial charge is 0.264 e. The number of hydrogen-bond acceptors (Lipinski definition) is 6. The number of rotatable bonds is 13. The second-order valence-corrected chi connectivity index (χ2v) is 11.9. The van der Waals surface area contributed by atoms with Crippen molar-refractivity contribution in [2.24, 2.45) is 0 Å². The molecule has 0 fully saturated rings. The van der Waals surface area contributed by atoms with Gasteiger partial charge >= 0.3 is 0 Å². The highest BCUT2D eigenvalue weighted by Crippen LogP contribution is 2.33. The lowest BCUT2D eigenvalue weighted by Gasteiger charge is -2.32. The highest BCUT2D eigenvalue weighted by Gasteiger charge is 2.34. The number of carbonyl (C=O) groups is 2. The zero-order valence-corrected chi connectivity index (χ0v) is 25.4. The van der Waals surface area contributed by atoms with Crippen molar-refractivity contribution in [1.29, 1.82) is 0 Å². The van der Waals surface area contributed by atoms with Crippen molar-refractivity contribution in [3.63, 3.8) is 0 Å². The zero-order valence-electron chi connectivity index (χ0n) is 23.0. The number of sulfonamides is 1. The molecule has 11 heteroatoms. The number of thioether (sulfide) groups is 1. The average Bonchev–Trinajstić information content (AvgIpc) is 2.95. The van der Waals surface area contributed by atoms with Gasteiger partial charge in [0.15, 0.2) is 0 Å². The van der Waals surface area contributed by atoms with Crippen LogP contribution < -0.4 is 14.4 Å². The van der Waals surface area contributed by atoms with Crippen LogP contribution in [0.15, 0.2) is 82.6 Å². The number of nitrogens with zero attached hydrogens (tertiary/aromatic N) is 2. The Kier molecular flexibility index (Phi) is 11.3. The maximum Gasteiger partial charge on any atom is 0.264 e. The molecule has 214 valence electrons. The monoisotopic (exact) mass is 603 g/mol. The fourth-order valence-electron chi connectivity index (χ4n) is 4.04. The van der Waals surface area contributed by atoms with E-state index in [0.29, 0.717) is 29.5 Å². The summed E-state index contributed by atoms with van der Waals surface area (Å²) in [6.07, 6.45) is 1.90. The van der Waals surface area contributed by atoms with Crippen molar-refractivity contribution in [3.05, 3.63) is 83.4 Å². The predicted molar refractivity (Wildman–Crippen MR) is 161 cm³/mol. The van der Waals surface area contributed by atoms with E-state index in [1.54, 1.807) is 81.4 Å². The van der Waals surface area contributed by atoms with Gasteiger partial charge in [-0.25, -0.2) is 8.42 Å². The van der Waals surface area contributed by atoms with Gasteiger partial charge in [0, 0.05) is 23.0 Å². The van der Waals surface area contributed by atoms with Crippen LogP contribution in [0.2, 0.25) is 5.02 Å². The number of halogens is 1. The molecule has 1 atom stereocenters. The Labute approximate surface area is 245 Å². The van der Waals surface area contributed by atoms with Crippen molar-refractivity contribution in [2.45, 2.75) is 43.1 Å². The number of ether oxygens (including phenoxy) is 1. The molecule has 0 heterocycles. The minimum absolute atomic E-state index is 0.0141. The standard InChI is InChI=1S/C29H34ClN3O5S2/c1-5-31-29(35)21(3)32(19-22-11-7-8-12-25(22)30)28(34)20-33(26-13-9-10-14-27(26)38-6-2)40(36,37)24-17-15-23(39-4)16-18-24/h7-18,21H,5-6,19-20H2,1-4H3,(H,31,35)/t21-/m0/s1. The second kappa shape index (κ2) is 14.4. The molecule has 0 aliphatic heterocycles. The maximum atomic E-state index is 14.1. The topological polar surface area (TPSA) is 96.0 Å². The van der Waals surface area contributed by atoms with Crippen molar-refractivity contribution in [2.75, 3.05) is 30.3 Å². The summed E-state index contributed by atoms with van der Waals surface area (Å²) in [5.41, 5.74) is 0.848. The Bertz CT molecular complexity index is 1420. The molecule has 0 spiro atoms. The summed E-state index contributed by atoms with van der Waals surface area (Å²) in [5.74, 6) is -0.620. The number of amides is 2. The summed E-state index contributed by atoms with van der Waals surface area (Å²) in [6, 6.07) is 19.2. The Hall–Kier alpha value is -3.21. The van der Waals surface area contributed by atoms with Crippen LogP contribution in [0, 0.1) is 0 Å². The molecule has 0 aliphatic rings. The van der Waals surface area contributed by atoms with E-state index in [1.165, 1.54) is 28.8 Å². The fraction of sp³-hybridized carbons (Fsp3) is 0.310. The van der Waals surface area contributed by atoms with E-state index in [9.17, 15) is 18.0 Å². The third kappa shape index (κ3) is 7.50. The van der Waals surface area contributed by atoms with E-state index in [4.69, 9.17) is 16.3 Å². The van der Waals surface area contributed by atoms with Crippen LogP contribution in [-0.2, 0) is 26.2 Å². The Balaban J connectivity index is 2.09. The maximum absolute atomic E-state index is 14.1. The molecule has 3 aromatic rings. The fourth-order valence-corrected chi connectivity index (χ4v) is 6.07. The highest BCUT2D eigenvalue weighted by atomic mass is 35.5. The molecular formula is C29H34ClN3O5S2. The van der Waals surface area contributed by atoms with E-state index in [2.05, 4.69) is 5.32 Å². The summed E-state index contributed by atoms with van der Waals surface area (Å²) in [5, 5.41) is 3.17. The van der Waals surface area contributed by atoms with Crippen LogP contribution >= 0.6 is 23.4 Å². The highest BCUT2D eigenvalue weighted by molar-refractivity contribution is 7.98. The van der Waals surface area contributed by atoms with Crippen LogP contribution in [0.4, 0.5) is 5.69 Å². The first-order valence-corrected chi connectivity index (χ1v) is 15.9. The third-order valence-corrected chi connectivity index (χ3v) is 9.06. The molecule has 0 unspecified atom stereocenters. The lowest BCUT2D eigenvalue weighted by Crippen LogP contribution is -2.51. The largest absolute Gasteiger partial charge is 0.492 e. The minimum atomic E-state index is -4.22. The molecule has 0 saturated heterocycles. The Morgan fingerprint density at radius 2 is 1.65 bits per heavy atom. The van der Waals surface area contributed by atoms with Gasteiger partial charge in [-0.3, -0.25) is 13.9 Å². The zero-order chi connectivity index (χ0) is 29.3. The van der Waals surface area contributed by atoms with Crippen LogP contribution in [0.5, 0.6) is 5.75 Å². The lowest BCUT2D eigenvalue weighted by atomic mass is 10.1. The molecule has 0 radical (unpaired) electrons. The molecule has 40 heavy (non-hydrogen) atoms. The number of carbonyl (C=O) groups excluding carboxylic acids is 2. The number of anilines is 1. The van der Waals surface area contributed by atoms with Gasteiger partial charge in [0.05, 0.1) is 17.2 Å². The average molecular weight is 604 g/mol. The predicted octanol–water partition coefficient (Wildman–Crippen LogP) is 5.21. The first-order valence-electron chi connectivity index (χ1n) is 12.8. The number of hydrogen-bond donors (Lipinski definition) is 1. The molecule has 0 aliphatic carbocycles. The first-order chi connectivity index (χ1) is 19.1. The van der Waals surface area contributed by atoms with Crippen LogP contribution in [0.1, 0.15) is 26.3 Å². The second-order valence-electron chi connectivity index (χ2n) is 8.77. The number of likely N-dealkylation sites (N-methyl/N-ethyl adjacent to an activating group) is 1. The van der Waals surface area contributed by atoms with Gasteiger partial charge in [0.2, 0.25) is 11.8 Å². The van der Waals surface area contributed by atoms with E-state index in [1.807, 2.05) is 6.26 Å². The molecule has 1 N–H and O–H groups in total. The van der Waals surface area contributed by atoms with Gasteiger partial charge in [0.1, 0.15) is 18.3 Å². The summed E-state index contributed by atoms with van der Waals surface area (Å²) in [7, 11) is -4.22. The van der Waals surface area contributed by atoms with Gasteiger partial charge in [-0.15, -0.1) is 11.8 Å². The Morgan fingerprint density at radius 3 is 2.27 bits per heavy atom. The summed E-state index contributed by atoms with van der Waals surface area (Å²) in [4.78, 5) is 29.1. The van der Waals surface area contributed by atoms with E-state index in [-0.39, 0.29) is 23.0 Å². The van der Waals surface area contributed by atoms with Gasteiger partial charge in [-0.1, -0.05) is 41.9 Å². The normalized spacial score (nSPS) is 11.9. The first kappa shape index (κ1) is 31.3. The molecule has 0 aromatic heterocycles. The van der Waals surface area contributed by atoms with Crippen LogP contribution in [-0.4, -0.2) is 57.1 Å². The molecule has 0 bridgehead atoms. The summed E-state index contributed by atoms with van der Waals surface area (Å²) in [6.45, 7) is 5.31. The molecule has 3 aromatic carbocycles. The Morgan fingerprint density at radius 1 is 1.00 bits per heavy atom. The van der Waals surface area contributed by atoms with E-state index < -0.39 is 28.5 Å². The van der Waals surface area contributed by atoms with Crippen molar-refractivity contribution >= 4 is 50.9 Å². The summed E-state index contributed by atoms with van der Waals surface area (Å²) < 4.78 is 34.9. The molecule has 0 saturated carbocycles. The number of para-hydroxylation sites is 2. The van der Waals surface area contributed by atoms with Crippen molar-refractivity contribution in [3.8, 4) is 5.75 Å². The van der Waals surface area contributed by atoms with E-state index >= 15 is 0 Å². The quantitative estimate of drug-likeness (QED) is 0.270. The van der Waals surface area contributed by atoms with Gasteiger partial charge in [-0.2, -0.15) is 0 Å². The molecule has 3 rings (SSSR count). The SMILES string of the molecule is CCNC(=O)[C@H](C)N(Cc1ccccc1Cl)C(=O)CN(c1ccccc1OCC)S(=O)(=O)c1ccc(SC)cc1. The molecular weight excluding hydrogens is 570 g/mol. The van der Waals surface area contributed by atoms with Gasteiger partial charge in [0.25, 0.3) is 10.0 Å². The lowest BCUT2D eigenvalue weighted by molar-refractivity contribution is -0.139. The molecule has 8 nitrogen and oxygen atoms in total. The minimum Gasteiger partial charge on any atom is -0.492 e. The third-order valence-electron chi connectivity index (χ3n) is 6.18. The van der Waals surface area contributed by atoms with Crippen molar-refractivity contribution in [1.82, 2.24) is 10.2 Å². The van der Waals surface area contributed by atoms with Gasteiger partial charge in [-0.05, 0) is 75.1 Å². The van der Waals surface area contributed by atoms with Crippen LogP contribution in [0.25, 0.3) is 0 Å². The number of benzene rings is 3. The van der Waals surface area contributed by atoms with Crippen LogP contribution in [0.3, 0.4) is 0 Å². The van der Waals surface area contributed by atoms with Gasteiger partial charge < -0.3 is 15.0 Å². The summed E-state index contributed by atoms with van der Waals surface area (Å²) >= 11 is 7.88. The van der Waals surface area contributed by atoms with E-state index in [0.717, 1.165) is 9.20 Å². The molecule has 2 amide bonds. The number of nitrogens with one attached hydrogen (secondary N) is 1.